The number of aliphatic hydroxyl groups is 1. The number of aliphatic hydroxyl groups excluding tert-OH is 1. The van der Waals surface area contributed by atoms with Crippen LogP contribution in [0.4, 0.5) is 0 Å². The summed E-state index contributed by atoms with van der Waals surface area (Å²) in [5.41, 5.74) is 1.20. The minimum atomic E-state index is -0.0980. The third-order valence-corrected chi connectivity index (χ3v) is 4.18. The van der Waals surface area contributed by atoms with Crippen molar-refractivity contribution in [2.75, 3.05) is 32.7 Å². The molecule has 1 aliphatic heterocycles. The van der Waals surface area contributed by atoms with E-state index in [9.17, 15) is 5.11 Å². The van der Waals surface area contributed by atoms with Gasteiger partial charge in [0.05, 0.1) is 12.6 Å². The molecule has 132 valence electrons. The number of likely N-dealkylation sites (tertiary alicyclic amines) is 1. The topological polar surface area (TPSA) is 59.9 Å². The molecule has 5 heteroatoms. The molecule has 0 aliphatic carbocycles. The smallest absolute Gasteiger partial charge is 0.191 e. The normalized spacial score (nSPS) is 16.8. The fraction of sp³-hybridized carbons (Fsp3) is 0.526. The molecule has 0 spiro atoms. The second-order valence-corrected chi connectivity index (χ2v) is 6.17. The molecule has 0 aromatic heterocycles. The zero-order valence-electron chi connectivity index (χ0n) is 14.5. The van der Waals surface area contributed by atoms with Crippen LogP contribution in [-0.2, 0) is 6.54 Å². The second-order valence-electron chi connectivity index (χ2n) is 6.17. The Bertz CT molecular complexity index is 495. The van der Waals surface area contributed by atoms with Gasteiger partial charge < -0.3 is 20.6 Å². The average molecular weight is 330 g/mol. The highest BCUT2D eigenvalue weighted by molar-refractivity contribution is 5.79. The Morgan fingerprint density at radius 3 is 2.71 bits per heavy atom. The second kappa shape index (κ2) is 10.8. The number of aliphatic imine (C=N–C) groups is 1. The van der Waals surface area contributed by atoms with E-state index in [-0.39, 0.29) is 6.10 Å². The van der Waals surface area contributed by atoms with Gasteiger partial charge in [0, 0.05) is 26.2 Å². The number of guanidine groups is 1. The van der Waals surface area contributed by atoms with Gasteiger partial charge in [0.25, 0.3) is 0 Å². The van der Waals surface area contributed by atoms with E-state index in [2.05, 4.69) is 39.2 Å². The fourth-order valence-corrected chi connectivity index (χ4v) is 2.75. The summed E-state index contributed by atoms with van der Waals surface area (Å²) in [5.74, 6) is 0.827. The molecule has 1 aromatic rings. The van der Waals surface area contributed by atoms with E-state index >= 15 is 0 Å². The minimum absolute atomic E-state index is 0.0980. The van der Waals surface area contributed by atoms with Gasteiger partial charge in [0.1, 0.15) is 0 Å². The third-order valence-electron chi connectivity index (χ3n) is 4.18. The summed E-state index contributed by atoms with van der Waals surface area (Å²) in [6.07, 6.45) is 4.60. The van der Waals surface area contributed by atoms with Gasteiger partial charge in [-0.1, -0.05) is 36.4 Å². The molecule has 1 saturated heterocycles. The first-order valence-corrected chi connectivity index (χ1v) is 8.85. The van der Waals surface area contributed by atoms with Gasteiger partial charge in [0.15, 0.2) is 5.96 Å². The summed E-state index contributed by atoms with van der Waals surface area (Å²) < 4.78 is 0. The molecule has 2 rings (SSSR count). The predicted octanol–water partition coefficient (Wildman–Crippen LogP) is 1.75. The number of nitrogens with one attached hydrogen (secondary N) is 2. The lowest BCUT2D eigenvalue weighted by molar-refractivity contribution is 0.0823. The van der Waals surface area contributed by atoms with Gasteiger partial charge in [-0.3, -0.25) is 0 Å². The first kappa shape index (κ1) is 18.5. The van der Waals surface area contributed by atoms with Gasteiger partial charge in [-0.25, -0.2) is 4.99 Å². The van der Waals surface area contributed by atoms with E-state index in [1.807, 2.05) is 24.3 Å². The van der Waals surface area contributed by atoms with Crippen LogP contribution in [0.5, 0.6) is 0 Å². The molecular weight excluding hydrogens is 300 g/mol. The van der Waals surface area contributed by atoms with Crippen molar-refractivity contribution in [3.05, 3.63) is 48.6 Å². The molecule has 0 amide bonds. The third kappa shape index (κ3) is 7.15. The van der Waals surface area contributed by atoms with Gasteiger partial charge in [0.2, 0.25) is 0 Å². The van der Waals surface area contributed by atoms with Gasteiger partial charge >= 0.3 is 0 Å². The van der Waals surface area contributed by atoms with E-state index in [1.54, 1.807) is 0 Å². The van der Waals surface area contributed by atoms with E-state index in [4.69, 9.17) is 0 Å². The maximum Gasteiger partial charge on any atom is 0.191 e. The van der Waals surface area contributed by atoms with Crippen molar-refractivity contribution in [1.29, 1.82) is 0 Å². The van der Waals surface area contributed by atoms with E-state index in [0.29, 0.717) is 13.1 Å². The quantitative estimate of drug-likeness (QED) is 0.294. The van der Waals surface area contributed by atoms with Crippen LogP contribution >= 0.6 is 0 Å². The predicted molar refractivity (Wildman–Crippen MR) is 100 cm³/mol. The first-order chi connectivity index (χ1) is 11.8. The molecule has 1 aliphatic rings. The number of piperidine rings is 1. The number of nitrogens with zero attached hydrogens (tertiary/aromatic N) is 2. The van der Waals surface area contributed by atoms with Gasteiger partial charge in [-0.15, -0.1) is 6.58 Å². The van der Waals surface area contributed by atoms with Crippen LogP contribution in [0.15, 0.2) is 48.0 Å². The average Bonchev–Trinajstić information content (AvgIpc) is 2.62. The van der Waals surface area contributed by atoms with Crippen molar-refractivity contribution >= 4 is 5.96 Å². The largest absolute Gasteiger partial charge is 0.393 e. The lowest BCUT2D eigenvalue weighted by Gasteiger charge is -2.29. The van der Waals surface area contributed by atoms with E-state index in [1.165, 1.54) is 5.56 Å². The van der Waals surface area contributed by atoms with Crippen LogP contribution in [0, 0.1) is 0 Å². The Labute approximate surface area is 145 Å². The van der Waals surface area contributed by atoms with Crippen molar-refractivity contribution in [2.45, 2.75) is 31.9 Å². The van der Waals surface area contributed by atoms with E-state index < -0.39 is 0 Å². The van der Waals surface area contributed by atoms with Crippen LogP contribution in [0.1, 0.15) is 24.8 Å². The molecular formula is C19H30N4O. The van der Waals surface area contributed by atoms with E-state index in [0.717, 1.165) is 51.4 Å². The van der Waals surface area contributed by atoms with Crippen LogP contribution in [0.2, 0.25) is 0 Å². The fourth-order valence-electron chi connectivity index (χ4n) is 2.75. The Morgan fingerprint density at radius 1 is 1.25 bits per heavy atom. The highest BCUT2D eigenvalue weighted by Gasteiger charge is 2.15. The van der Waals surface area contributed by atoms with Crippen LogP contribution in [0.25, 0.3) is 0 Å². The van der Waals surface area contributed by atoms with Crippen molar-refractivity contribution in [3.63, 3.8) is 0 Å². The Balaban J connectivity index is 1.71. The molecule has 24 heavy (non-hydrogen) atoms. The maximum absolute atomic E-state index is 9.54. The summed E-state index contributed by atoms with van der Waals surface area (Å²) >= 11 is 0. The number of benzene rings is 1. The SMILES string of the molecule is C=CCNC(=NCc1ccccc1)NCCCN1CCC(O)CC1. The number of hydrogen-bond acceptors (Lipinski definition) is 3. The summed E-state index contributed by atoms with van der Waals surface area (Å²) in [4.78, 5) is 7.05. The van der Waals surface area contributed by atoms with Crippen molar-refractivity contribution in [3.8, 4) is 0 Å². The van der Waals surface area contributed by atoms with Crippen LogP contribution in [-0.4, -0.2) is 54.8 Å². The lowest BCUT2D eigenvalue weighted by atomic mass is 10.1. The molecule has 0 radical (unpaired) electrons. The van der Waals surface area contributed by atoms with Gasteiger partial charge in [-0.2, -0.15) is 0 Å². The van der Waals surface area contributed by atoms with Crippen LogP contribution in [0.3, 0.4) is 0 Å². The highest BCUT2D eigenvalue weighted by atomic mass is 16.3. The Hall–Kier alpha value is -1.85. The molecule has 0 saturated carbocycles. The Morgan fingerprint density at radius 2 is 2.00 bits per heavy atom. The monoisotopic (exact) mass is 330 g/mol. The van der Waals surface area contributed by atoms with Crippen molar-refractivity contribution < 1.29 is 5.11 Å². The lowest BCUT2D eigenvalue weighted by Crippen LogP contribution is -2.40. The number of hydrogen-bond donors (Lipinski definition) is 3. The molecule has 1 heterocycles. The zero-order valence-corrected chi connectivity index (χ0v) is 14.5. The zero-order chi connectivity index (χ0) is 17.0. The summed E-state index contributed by atoms with van der Waals surface area (Å²) in [6.45, 7) is 9.06. The first-order valence-electron chi connectivity index (χ1n) is 8.85. The molecule has 0 unspecified atom stereocenters. The van der Waals surface area contributed by atoms with Gasteiger partial charge in [-0.05, 0) is 31.4 Å². The molecule has 1 fully saturated rings. The van der Waals surface area contributed by atoms with Crippen LogP contribution < -0.4 is 10.6 Å². The summed E-state index contributed by atoms with van der Waals surface area (Å²) in [7, 11) is 0. The Kier molecular flexibility index (Phi) is 8.35. The van der Waals surface area contributed by atoms with Crippen molar-refractivity contribution in [2.24, 2.45) is 4.99 Å². The molecule has 0 atom stereocenters. The molecule has 1 aromatic carbocycles. The van der Waals surface area contributed by atoms with Crippen molar-refractivity contribution in [1.82, 2.24) is 15.5 Å². The molecule has 0 bridgehead atoms. The minimum Gasteiger partial charge on any atom is -0.393 e. The summed E-state index contributed by atoms with van der Waals surface area (Å²) in [5, 5.41) is 16.2. The summed E-state index contributed by atoms with van der Waals surface area (Å²) in [6, 6.07) is 10.2. The maximum atomic E-state index is 9.54. The molecule has 5 nitrogen and oxygen atoms in total. The standard InChI is InChI=1S/C19H30N4O/c1-2-11-20-19(22-16-17-7-4-3-5-8-17)21-12-6-13-23-14-9-18(24)10-15-23/h2-5,7-8,18,24H,1,6,9-16H2,(H2,20,21,22). The highest BCUT2D eigenvalue weighted by Crippen LogP contribution is 2.09. The number of rotatable bonds is 8. The molecule has 3 N–H and O–H groups in total.